The van der Waals surface area contributed by atoms with Crippen molar-refractivity contribution in [1.29, 1.82) is 0 Å². The Morgan fingerprint density at radius 1 is 0.783 bits per heavy atom. The van der Waals surface area contributed by atoms with E-state index >= 15 is 0 Å². The summed E-state index contributed by atoms with van der Waals surface area (Å²) in [6.45, 7) is 0. The average molecular weight is 305 g/mol. The molecule has 3 aromatic rings. The van der Waals surface area contributed by atoms with Crippen molar-refractivity contribution in [3.05, 3.63) is 100 Å². The van der Waals surface area contributed by atoms with Crippen LogP contribution in [0.5, 0.6) is 0 Å². The summed E-state index contributed by atoms with van der Waals surface area (Å²) in [5.74, 6) is 0. The lowest BCUT2D eigenvalue weighted by Crippen LogP contribution is -2.00. The summed E-state index contributed by atoms with van der Waals surface area (Å²) in [6.07, 6.45) is -0.889. The number of non-ortho nitro benzene ring substituents is 1. The molecule has 0 bridgehead atoms. The lowest BCUT2D eigenvalue weighted by Gasteiger charge is -2.12. The molecule has 0 aliphatic rings. The highest BCUT2D eigenvalue weighted by Crippen LogP contribution is 2.27. The summed E-state index contributed by atoms with van der Waals surface area (Å²) in [5, 5.41) is 21.3. The van der Waals surface area contributed by atoms with Crippen molar-refractivity contribution in [2.75, 3.05) is 0 Å². The van der Waals surface area contributed by atoms with E-state index in [9.17, 15) is 15.2 Å². The van der Waals surface area contributed by atoms with Gasteiger partial charge in [-0.15, -0.1) is 0 Å². The predicted octanol–water partition coefficient (Wildman–Crippen LogP) is 4.34. The van der Waals surface area contributed by atoms with E-state index in [0.29, 0.717) is 11.1 Å². The van der Waals surface area contributed by atoms with E-state index in [1.54, 1.807) is 12.1 Å². The molecule has 0 radical (unpaired) electrons. The topological polar surface area (TPSA) is 63.4 Å². The molecule has 4 heteroatoms. The number of benzene rings is 3. The zero-order valence-corrected chi connectivity index (χ0v) is 12.3. The van der Waals surface area contributed by atoms with Crippen molar-refractivity contribution >= 4 is 5.69 Å². The second kappa shape index (κ2) is 6.42. The van der Waals surface area contributed by atoms with Gasteiger partial charge in [-0.25, -0.2) is 0 Å². The van der Waals surface area contributed by atoms with Crippen molar-refractivity contribution < 1.29 is 10.0 Å². The van der Waals surface area contributed by atoms with Crippen LogP contribution in [0.2, 0.25) is 0 Å². The summed E-state index contributed by atoms with van der Waals surface area (Å²) < 4.78 is 0. The lowest BCUT2D eigenvalue weighted by atomic mass is 9.98. The normalized spacial score (nSPS) is 11.9. The highest BCUT2D eigenvalue weighted by molar-refractivity contribution is 5.63. The van der Waals surface area contributed by atoms with Crippen LogP contribution in [0.1, 0.15) is 17.2 Å². The lowest BCUT2D eigenvalue weighted by molar-refractivity contribution is -0.385. The molecule has 3 aromatic carbocycles. The Morgan fingerprint density at radius 2 is 1.43 bits per heavy atom. The quantitative estimate of drug-likeness (QED) is 0.576. The van der Waals surface area contributed by atoms with Crippen LogP contribution >= 0.6 is 0 Å². The monoisotopic (exact) mass is 305 g/mol. The summed E-state index contributed by atoms with van der Waals surface area (Å²) in [6, 6.07) is 23.6. The number of nitrogens with zero attached hydrogens (tertiary/aromatic N) is 1. The minimum Gasteiger partial charge on any atom is -0.384 e. The Kier molecular flexibility index (Phi) is 4.17. The Balaban J connectivity index is 1.87. The van der Waals surface area contributed by atoms with Crippen molar-refractivity contribution in [3.63, 3.8) is 0 Å². The smallest absolute Gasteiger partial charge is 0.269 e. The number of rotatable bonds is 4. The van der Waals surface area contributed by atoms with Crippen LogP contribution in [0.4, 0.5) is 5.69 Å². The number of aliphatic hydroxyl groups excluding tert-OH is 1. The summed E-state index contributed by atoms with van der Waals surface area (Å²) in [4.78, 5) is 10.4. The van der Waals surface area contributed by atoms with Gasteiger partial charge in [-0.3, -0.25) is 10.1 Å². The largest absolute Gasteiger partial charge is 0.384 e. The molecular formula is C19H15NO3. The van der Waals surface area contributed by atoms with Gasteiger partial charge in [0.2, 0.25) is 0 Å². The van der Waals surface area contributed by atoms with Crippen LogP contribution in [-0.2, 0) is 0 Å². The molecule has 0 saturated heterocycles. The Bertz CT molecular complexity index is 814. The Hall–Kier alpha value is -2.98. The van der Waals surface area contributed by atoms with E-state index < -0.39 is 11.0 Å². The minimum atomic E-state index is -0.889. The van der Waals surface area contributed by atoms with E-state index in [-0.39, 0.29) is 5.69 Å². The van der Waals surface area contributed by atoms with Crippen LogP contribution in [0.15, 0.2) is 78.9 Å². The van der Waals surface area contributed by atoms with E-state index in [1.807, 2.05) is 54.6 Å². The van der Waals surface area contributed by atoms with Gasteiger partial charge in [0, 0.05) is 12.1 Å². The molecular weight excluding hydrogens is 290 g/mol. The summed E-state index contributed by atoms with van der Waals surface area (Å²) in [7, 11) is 0. The van der Waals surface area contributed by atoms with Crippen molar-refractivity contribution in [2.45, 2.75) is 6.10 Å². The molecule has 23 heavy (non-hydrogen) atoms. The van der Waals surface area contributed by atoms with Gasteiger partial charge in [-0.05, 0) is 22.3 Å². The first kappa shape index (κ1) is 14.9. The predicted molar refractivity (Wildman–Crippen MR) is 89.0 cm³/mol. The van der Waals surface area contributed by atoms with Crippen LogP contribution in [0.25, 0.3) is 11.1 Å². The molecule has 0 aliphatic heterocycles. The van der Waals surface area contributed by atoms with Gasteiger partial charge in [-0.2, -0.15) is 0 Å². The molecule has 1 N–H and O–H groups in total. The van der Waals surface area contributed by atoms with Crippen molar-refractivity contribution in [1.82, 2.24) is 0 Å². The third-order valence-electron chi connectivity index (χ3n) is 3.73. The number of nitro benzene ring substituents is 1. The molecule has 0 aliphatic carbocycles. The first-order valence-corrected chi connectivity index (χ1v) is 7.23. The van der Waals surface area contributed by atoms with E-state index in [0.717, 1.165) is 11.1 Å². The van der Waals surface area contributed by atoms with Gasteiger partial charge in [0.05, 0.1) is 4.92 Å². The highest BCUT2D eigenvalue weighted by atomic mass is 16.6. The molecule has 114 valence electrons. The van der Waals surface area contributed by atoms with Gasteiger partial charge in [-0.1, -0.05) is 66.7 Å². The number of hydrogen-bond acceptors (Lipinski definition) is 3. The maximum Gasteiger partial charge on any atom is 0.269 e. The Labute approximate surface area is 133 Å². The fraction of sp³-hybridized carbons (Fsp3) is 0.0526. The minimum absolute atomic E-state index is 0.0255. The highest BCUT2D eigenvalue weighted by Gasteiger charge is 2.14. The van der Waals surface area contributed by atoms with Gasteiger partial charge in [0.25, 0.3) is 5.69 Å². The molecule has 0 amide bonds. The van der Waals surface area contributed by atoms with Crippen LogP contribution < -0.4 is 0 Å². The second-order valence-corrected chi connectivity index (χ2v) is 5.24. The molecule has 1 atom stereocenters. The SMILES string of the molecule is O=[N+]([O-])c1cccc([C@H](O)c2ccc(-c3ccccc3)cc2)c1. The van der Waals surface area contributed by atoms with E-state index in [4.69, 9.17) is 0 Å². The zero-order chi connectivity index (χ0) is 16.2. The third-order valence-corrected chi connectivity index (χ3v) is 3.73. The fourth-order valence-corrected chi connectivity index (χ4v) is 2.49. The molecule has 3 rings (SSSR count). The molecule has 0 aromatic heterocycles. The summed E-state index contributed by atoms with van der Waals surface area (Å²) >= 11 is 0. The first-order chi connectivity index (χ1) is 11.1. The first-order valence-electron chi connectivity index (χ1n) is 7.23. The van der Waals surface area contributed by atoms with Gasteiger partial charge in [0.1, 0.15) is 6.10 Å². The zero-order valence-electron chi connectivity index (χ0n) is 12.3. The van der Waals surface area contributed by atoms with Gasteiger partial charge in [0.15, 0.2) is 0 Å². The maximum atomic E-state index is 10.8. The van der Waals surface area contributed by atoms with Crippen molar-refractivity contribution in [3.8, 4) is 11.1 Å². The Morgan fingerprint density at radius 3 is 2.09 bits per heavy atom. The standard InChI is InChI=1S/C19H15NO3/c21-19(17-7-4-8-18(13-17)20(22)23)16-11-9-15(10-12-16)14-5-2-1-3-6-14/h1-13,19,21H/t19-/m1/s1. The molecule has 0 saturated carbocycles. The average Bonchev–Trinajstić information content (AvgIpc) is 2.62. The molecule has 0 heterocycles. The van der Waals surface area contributed by atoms with E-state index in [1.165, 1.54) is 12.1 Å². The maximum absolute atomic E-state index is 10.8. The van der Waals surface area contributed by atoms with Crippen molar-refractivity contribution in [2.24, 2.45) is 0 Å². The van der Waals surface area contributed by atoms with Gasteiger partial charge < -0.3 is 5.11 Å². The molecule has 0 spiro atoms. The molecule has 0 unspecified atom stereocenters. The number of aliphatic hydroxyl groups is 1. The van der Waals surface area contributed by atoms with Crippen LogP contribution in [0, 0.1) is 10.1 Å². The second-order valence-electron chi connectivity index (χ2n) is 5.24. The molecule has 4 nitrogen and oxygen atoms in total. The number of hydrogen-bond donors (Lipinski definition) is 1. The van der Waals surface area contributed by atoms with Gasteiger partial charge >= 0.3 is 0 Å². The summed E-state index contributed by atoms with van der Waals surface area (Å²) in [5.41, 5.74) is 3.34. The fourth-order valence-electron chi connectivity index (χ4n) is 2.49. The van der Waals surface area contributed by atoms with Crippen LogP contribution in [-0.4, -0.2) is 10.0 Å². The van der Waals surface area contributed by atoms with E-state index in [2.05, 4.69) is 0 Å². The van der Waals surface area contributed by atoms with Crippen LogP contribution in [0.3, 0.4) is 0 Å². The molecule has 0 fully saturated rings. The third kappa shape index (κ3) is 3.27. The number of nitro groups is 1.